The maximum Gasteiger partial charge on any atom is 0.0721 e. The first-order chi connectivity index (χ1) is 12.8. The quantitative estimate of drug-likeness (QED) is 0.341. The molecule has 0 saturated heterocycles. The van der Waals surface area contributed by atoms with Gasteiger partial charge in [-0.25, -0.2) is 0 Å². The summed E-state index contributed by atoms with van der Waals surface area (Å²) < 4.78 is 5.48. The summed E-state index contributed by atoms with van der Waals surface area (Å²) in [6, 6.07) is 25.9. The van der Waals surface area contributed by atoms with Gasteiger partial charge in [0.1, 0.15) is 0 Å². The lowest BCUT2D eigenvalue weighted by Crippen LogP contribution is -1.92. The third kappa shape index (κ3) is 4.59. The van der Waals surface area contributed by atoms with Gasteiger partial charge in [-0.2, -0.15) is 0 Å². The Labute approximate surface area is 156 Å². The number of rotatable bonds is 7. The molecule has 0 heterocycles. The van der Waals surface area contributed by atoms with Crippen molar-refractivity contribution in [2.45, 2.75) is 13.5 Å². The molecule has 0 saturated carbocycles. The number of benzene rings is 3. The Kier molecular flexibility index (Phi) is 6.19. The molecule has 0 fully saturated rings. The highest BCUT2D eigenvalue weighted by atomic mass is 16.5. The van der Waals surface area contributed by atoms with Crippen molar-refractivity contribution in [3.05, 3.63) is 103 Å². The Balaban J connectivity index is 1.71. The van der Waals surface area contributed by atoms with Crippen molar-refractivity contribution in [1.82, 2.24) is 0 Å². The van der Waals surface area contributed by atoms with Crippen LogP contribution in [0.15, 0.2) is 91.5 Å². The van der Waals surface area contributed by atoms with E-state index in [1.165, 1.54) is 33.4 Å². The predicted octanol–water partition coefficient (Wildman–Crippen LogP) is 6.76. The summed E-state index contributed by atoms with van der Waals surface area (Å²) in [5.74, 6) is 0. The van der Waals surface area contributed by atoms with Crippen LogP contribution in [0.3, 0.4) is 0 Å². The van der Waals surface area contributed by atoms with E-state index >= 15 is 0 Å². The van der Waals surface area contributed by atoms with Gasteiger partial charge in [-0.15, -0.1) is 6.58 Å². The van der Waals surface area contributed by atoms with Crippen LogP contribution >= 0.6 is 0 Å². The number of hydrogen-bond acceptors (Lipinski definition) is 1. The van der Waals surface area contributed by atoms with E-state index < -0.39 is 0 Å². The summed E-state index contributed by atoms with van der Waals surface area (Å²) in [5, 5.41) is 0. The smallest absolute Gasteiger partial charge is 0.0721 e. The van der Waals surface area contributed by atoms with E-state index in [4.69, 9.17) is 4.74 Å². The van der Waals surface area contributed by atoms with Gasteiger partial charge < -0.3 is 4.74 Å². The average molecular weight is 340 g/mol. The molecule has 3 aromatic rings. The van der Waals surface area contributed by atoms with Crippen molar-refractivity contribution in [2.75, 3.05) is 6.61 Å². The van der Waals surface area contributed by atoms with Crippen molar-refractivity contribution in [3.8, 4) is 22.3 Å². The van der Waals surface area contributed by atoms with Gasteiger partial charge in [-0.1, -0.05) is 91.0 Å². The Morgan fingerprint density at radius 2 is 1.19 bits per heavy atom. The molecule has 1 nitrogen and oxygen atoms in total. The highest BCUT2D eigenvalue weighted by molar-refractivity contribution is 5.71. The monoisotopic (exact) mass is 340 g/mol. The minimum atomic E-state index is 0.582. The van der Waals surface area contributed by atoms with Gasteiger partial charge in [0, 0.05) is 0 Å². The summed E-state index contributed by atoms with van der Waals surface area (Å²) in [6.07, 6.45) is 5.93. The molecule has 0 aromatic heterocycles. The molecule has 0 spiro atoms. The second-order valence-electron chi connectivity index (χ2n) is 6.20. The average Bonchev–Trinajstić information content (AvgIpc) is 2.70. The lowest BCUT2D eigenvalue weighted by Gasteiger charge is -2.07. The second-order valence-corrected chi connectivity index (χ2v) is 6.20. The Bertz CT molecular complexity index is 854. The summed E-state index contributed by atoms with van der Waals surface area (Å²) in [4.78, 5) is 0. The van der Waals surface area contributed by atoms with Crippen LogP contribution in [-0.2, 0) is 11.3 Å². The van der Waals surface area contributed by atoms with Gasteiger partial charge in [0.15, 0.2) is 0 Å². The summed E-state index contributed by atoms with van der Waals surface area (Å²) in [5.41, 5.74) is 7.30. The normalized spacial score (nSPS) is 11.0. The molecular weight excluding hydrogens is 316 g/mol. The minimum Gasteiger partial charge on any atom is -0.373 e. The van der Waals surface area contributed by atoms with Gasteiger partial charge in [0.25, 0.3) is 0 Å². The van der Waals surface area contributed by atoms with Crippen LogP contribution in [0.5, 0.6) is 0 Å². The van der Waals surface area contributed by atoms with Crippen LogP contribution in [0.25, 0.3) is 28.3 Å². The van der Waals surface area contributed by atoms with E-state index in [0.29, 0.717) is 13.2 Å². The predicted molar refractivity (Wildman–Crippen MR) is 112 cm³/mol. The summed E-state index contributed by atoms with van der Waals surface area (Å²) in [7, 11) is 0. The first-order valence-corrected chi connectivity index (χ1v) is 8.91. The van der Waals surface area contributed by atoms with Gasteiger partial charge in [0.05, 0.1) is 13.2 Å². The van der Waals surface area contributed by atoms with E-state index in [2.05, 4.69) is 91.5 Å². The third-order valence-electron chi connectivity index (χ3n) is 4.28. The topological polar surface area (TPSA) is 9.23 Å². The highest BCUT2D eigenvalue weighted by Gasteiger charge is 2.01. The maximum atomic E-state index is 5.48. The molecule has 26 heavy (non-hydrogen) atoms. The largest absolute Gasteiger partial charge is 0.373 e. The van der Waals surface area contributed by atoms with Gasteiger partial charge in [-0.05, 0) is 40.3 Å². The molecule has 0 amide bonds. The van der Waals surface area contributed by atoms with Crippen LogP contribution in [0.2, 0.25) is 0 Å². The molecule has 0 atom stereocenters. The maximum absolute atomic E-state index is 5.48. The van der Waals surface area contributed by atoms with Crippen molar-refractivity contribution in [1.29, 1.82) is 0 Å². The Hall–Kier alpha value is -2.90. The van der Waals surface area contributed by atoms with E-state index in [-0.39, 0.29) is 0 Å². The molecule has 0 N–H and O–H groups in total. The van der Waals surface area contributed by atoms with E-state index in [0.717, 1.165) is 0 Å². The van der Waals surface area contributed by atoms with Crippen LogP contribution in [-0.4, -0.2) is 6.61 Å². The zero-order valence-electron chi connectivity index (χ0n) is 15.2. The second kappa shape index (κ2) is 8.98. The van der Waals surface area contributed by atoms with Gasteiger partial charge in [-0.3, -0.25) is 0 Å². The van der Waals surface area contributed by atoms with E-state index in [1.54, 1.807) is 6.08 Å². The van der Waals surface area contributed by atoms with Crippen LogP contribution in [0.1, 0.15) is 18.1 Å². The lowest BCUT2D eigenvalue weighted by atomic mass is 9.99. The third-order valence-corrected chi connectivity index (χ3v) is 4.28. The van der Waals surface area contributed by atoms with E-state index in [9.17, 15) is 0 Å². The van der Waals surface area contributed by atoms with E-state index in [1.807, 2.05) is 6.92 Å². The van der Waals surface area contributed by atoms with Crippen LogP contribution in [0.4, 0.5) is 0 Å². The molecule has 3 aromatic carbocycles. The molecule has 0 unspecified atom stereocenters. The number of hydrogen-bond donors (Lipinski definition) is 0. The zero-order valence-corrected chi connectivity index (χ0v) is 15.2. The molecule has 0 aliphatic carbocycles. The standard InChI is InChI=1S/C25H24O/c1-3-5-20-6-10-22(11-7-20)24-14-16-25(17-15-24)23-12-8-21(9-13-23)19-26-18-4-2/h3-17H,2,18-19H2,1H3. The SMILES string of the molecule is C=CCOCc1ccc(-c2ccc(-c3ccc(C=CC)cc3)cc2)cc1. The molecule has 0 aliphatic rings. The zero-order chi connectivity index (χ0) is 18.2. The minimum absolute atomic E-state index is 0.582. The fourth-order valence-electron chi connectivity index (χ4n) is 2.89. The molecule has 0 aliphatic heterocycles. The summed E-state index contributed by atoms with van der Waals surface area (Å²) in [6.45, 7) is 6.90. The highest BCUT2D eigenvalue weighted by Crippen LogP contribution is 2.25. The Morgan fingerprint density at radius 3 is 1.65 bits per heavy atom. The van der Waals surface area contributed by atoms with Crippen molar-refractivity contribution in [2.24, 2.45) is 0 Å². The molecule has 1 heteroatoms. The molecule has 3 rings (SSSR count). The van der Waals surface area contributed by atoms with Crippen molar-refractivity contribution >= 4 is 6.08 Å². The number of allylic oxidation sites excluding steroid dienone is 1. The van der Waals surface area contributed by atoms with Crippen molar-refractivity contribution < 1.29 is 4.74 Å². The fourth-order valence-corrected chi connectivity index (χ4v) is 2.89. The first kappa shape index (κ1) is 17.9. The summed E-state index contributed by atoms with van der Waals surface area (Å²) >= 11 is 0. The van der Waals surface area contributed by atoms with Gasteiger partial charge in [0.2, 0.25) is 0 Å². The number of ether oxygens (including phenoxy) is 1. The lowest BCUT2D eigenvalue weighted by molar-refractivity contribution is 0.149. The molecule has 0 radical (unpaired) electrons. The van der Waals surface area contributed by atoms with Crippen molar-refractivity contribution in [3.63, 3.8) is 0 Å². The molecular formula is C25H24O. The van der Waals surface area contributed by atoms with Crippen LogP contribution < -0.4 is 0 Å². The Morgan fingerprint density at radius 1 is 0.731 bits per heavy atom. The van der Waals surface area contributed by atoms with Crippen LogP contribution in [0, 0.1) is 0 Å². The molecule has 130 valence electrons. The molecule has 0 bridgehead atoms. The first-order valence-electron chi connectivity index (χ1n) is 8.91. The fraction of sp³-hybridized carbons (Fsp3) is 0.120. The van der Waals surface area contributed by atoms with Gasteiger partial charge >= 0.3 is 0 Å².